The molecule has 1 aromatic carbocycles. The molecular weight excluding hydrogens is 351 g/mol. The zero-order valence-electron chi connectivity index (χ0n) is 14.2. The zero-order valence-corrected chi connectivity index (χ0v) is 15.1. The Balaban J connectivity index is 1.90. The number of hydrogen-bond acceptors (Lipinski definition) is 8. The van der Waals surface area contributed by atoms with Crippen LogP contribution in [0.4, 0.5) is 0 Å². The topological polar surface area (TPSA) is 97.4 Å². The highest BCUT2D eigenvalue weighted by Gasteiger charge is 2.29. The van der Waals surface area contributed by atoms with Gasteiger partial charge in [-0.3, -0.25) is 14.2 Å². The van der Waals surface area contributed by atoms with Crippen LogP contribution in [0.2, 0.25) is 0 Å². The lowest BCUT2D eigenvalue weighted by Gasteiger charge is -2.18. The summed E-state index contributed by atoms with van der Waals surface area (Å²) in [6, 6.07) is 4.73. The Morgan fingerprint density at radius 3 is 2.36 bits per heavy atom. The van der Waals surface area contributed by atoms with E-state index in [0.29, 0.717) is 30.3 Å². The van der Waals surface area contributed by atoms with Gasteiger partial charge in [0.05, 0.1) is 13.2 Å². The molecule has 0 unspecified atom stereocenters. The number of rotatable bonds is 9. The van der Waals surface area contributed by atoms with Crippen molar-refractivity contribution in [2.24, 2.45) is 0 Å². The fourth-order valence-corrected chi connectivity index (χ4v) is 3.62. The first-order valence-electron chi connectivity index (χ1n) is 7.94. The molecule has 0 amide bonds. The fraction of sp³-hybridized carbons (Fsp3) is 0.500. The summed E-state index contributed by atoms with van der Waals surface area (Å²) < 4.78 is 37.9. The third-order valence-corrected chi connectivity index (χ3v) is 5.15. The summed E-state index contributed by atoms with van der Waals surface area (Å²) >= 11 is 0. The highest BCUT2D eigenvalue weighted by Crippen LogP contribution is 2.47. The van der Waals surface area contributed by atoms with Gasteiger partial charge in [0.25, 0.3) is 0 Å². The first-order valence-corrected chi connectivity index (χ1v) is 9.67. The van der Waals surface area contributed by atoms with Gasteiger partial charge < -0.3 is 23.3 Å². The minimum absolute atomic E-state index is 0.140. The average molecular weight is 372 g/mol. The first-order chi connectivity index (χ1) is 12.0. The summed E-state index contributed by atoms with van der Waals surface area (Å²) in [6.07, 6.45) is -0.539. The molecule has 2 rings (SSSR count). The largest absolute Gasteiger partial charge is 0.486 e. The second-order valence-corrected chi connectivity index (χ2v) is 7.10. The number of esters is 1. The van der Waals surface area contributed by atoms with Crippen molar-refractivity contribution in [2.75, 3.05) is 39.2 Å². The van der Waals surface area contributed by atoms with E-state index in [-0.39, 0.29) is 13.2 Å². The van der Waals surface area contributed by atoms with Gasteiger partial charge in [0.1, 0.15) is 19.4 Å². The second-order valence-electron chi connectivity index (χ2n) is 5.05. The fourth-order valence-electron chi connectivity index (χ4n) is 2.17. The van der Waals surface area contributed by atoms with Crippen LogP contribution in [0.25, 0.3) is 0 Å². The molecule has 9 heteroatoms. The number of hydrogen-bond donors (Lipinski definition) is 0. The monoisotopic (exact) mass is 372 g/mol. The maximum atomic E-state index is 12.2. The van der Waals surface area contributed by atoms with Crippen LogP contribution in [0, 0.1) is 0 Å². The Bertz CT molecular complexity index is 662. The smallest absolute Gasteiger partial charge is 0.341 e. The van der Waals surface area contributed by atoms with E-state index in [4.69, 9.17) is 23.3 Å². The van der Waals surface area contributed by atoms with Gasteiger partial charge in [-0.25, -0.2) is 0 Å². The van der Waals surface area contributed by atoms with Crippen molar-refractivity contribution < 1.29 is 37.4 Å². The summed E-state index contributed by atoms with van der Waals surface area (Å²) in [7, 11) is -3.55. The number of benzene rings is 1. The number of carbonyl (C=O) groups is 2. The van der Waals surface area contributed by atoms with E-state index in [1.165, 1.54) is 6.07 Å². The molecular formula is C16H21O8P. The molecule has 0 saturated heterocycles. The molecule has 0 spiro atoms. The molecule has 1 aliphatic heterocycles. The van der Waals surface area contributed by atoms with Crippen LogP contribution in [-0.2, 0) is 23.1 Å². The first kappa shape index (κ1) is 19.4. The van der Waals surface area contributed by atoms with Crippen molar-refractivity contribution in [3.63, 3.8) is 0 Å². The standard InChI is InChI=1S/C16H21O8P/c1-3-23-25(19,24-4-2)11-16(18)22-10-13(17)12-5-6-14-15(9-12)21-8-7-20-14/h5-6,9H,3-4,7-8,10-11H2,1-2H3. The van der Waals surface area contributed by atoms with Crippen molar-refractivity contribution in [1.82, 2.24) is 0 Å². The van der Waals surface area contributed by atoms with Gasteiger partial charge in [-0.15, -0.1) is 0 Å². The Morgan fingerprint density at radius 2 is 1.72 bits per heavy atom. The van der Waals surface area contributed by atoms with Crippen LogP contribution in [0.5, 0.6) is 11.5 Å². The number of fused-ring (bicyclic) bond motifs is 1. The summed E-state index contributed by atoms with van der Waals surface area (Å²) in [5.41, 5.74) is 0.329. The van der Waals surface area contributed by atoms with Gasteiger partial charge in [0.15, 0.2) is 23.9 Å². The highest BCUT2D eigenvalue weighted by molar-refractivity contribution is 7.54. The minimum Gasteiger partial charge on any atom is -0.486 e. The number of ether oxygens (including phenoxy) is 3. The predicted octanol–water partition coefficient (Wildman–Crippen LogP) is 2.45. The van der Waals surface area contributed by atoms with Gasteiger partial charge >= 0.3 is 13.6 Å². The normalized spacial score (nSPS) is 13.4. The van der Waals surface area contributed by atoms with Gasteiger partial charge in [-0.2, -0.15) is 0 Å². The summed E-state index contributed by atoms with van der Waals surface area (Å²) in [5.74, 6) is -0.195. The number of Topliss-reactive ketones (excluding diaryl/α,β-unsaturated/α-hetero) is 1. The number of ketones is 1. The van der Waals surface area contributed by atoms with Crippen molar-refractivity contribution in [3.8, 4) is 11.5 Å². The van der Waals surface area contributed by atoms with Gasteiger partial charge in [-0.1, -0.05) is 0 Å². The van der Waals surface area contributed by atoms with Crippen LogP contribution < -0.4 is 9.47 Å². The summed E-state index contributed by atoms with van der Waals surface area (Å²) in [6.45, 7) is 3.95. The maximum absolute atomic E-state index is 12.2. The third-order valence-electron chi connectivity index (χ3n) is 3.20. The van der Waals surface area contributed by atoms with Gasteiger partial charge in [0.2, 0.25) is 0 Å². The van der Waals surface area contributed by atoms with Crippen molar-refractivity contribution in [2.45, 2.75) is 13.8 Å². The zero-order chi connectivity index (χ0) is 18.3. The quantitative estimate of drug-likeness (QED) is 0.370. The van der Waals surface area contributed by atoms with E-state index < -0.39 is 32.1 Å². The predicted molar refractivity (Wildman–Crippen MR) is 88.4 cm³/mol. The average Bonchev–Trinajstić information content (AvgIpc) is 2.59. The van der Waals surface area contributed by atoms with Crippen molar-refractivity contribution in [1.29, 1.82) is 0 Å². The Morgan fingerprint density at radius 1 is 1.08 bits per heavy atom. The molecule has 0 fully saturated rings. The molecule has 0 bridgehead atoms. The molecule has 0 N–H and O–H groups in total. The lowest BCUT2D eigenvalue weighted by Crippen LogP contribution is -2.19. The summed E-state index contributed by atoms with van der Waals surface area (Å²) in [5, 5.41) is 0. The van der Waals surface area contributed by atoms with E-state index in [2.05, 4.69) is 0 Å². The molecule has 0 aromatic heterocycles. The number of carbonyl (C=O) groups excluding carboxylic acids is 2. The second kappa shape index (κ2) is 8.99. The Kier molecular flexibility index (Phi) is 6.99. The molecule has 0 atom stereocenters. The molecule has 8 nitrogen and oxygen atoms in total. The van der Waals surface area contributed by atoms with Gasteiger partial charge in [0, 0.05) is 5.56 Å². The third kappa shape index (κ3) is 5.56. The Labute approximate surface area is 145 Å². The van der Waals surface area contributed by atoms with Crippen LogP contribution in [-0.4, -0.2) is 50.9 Å². The van der Waals surface area contributed by atoms with Gasteiger partial charge in [-0.05, 0) is 32.0 Å². The van der Waals surface area contributed by atoms with E-state index >= 15 is 0 Å². The molecule has 0 aliphatic carbocycles. The van der Waals surface area contributed by atoms with Crippen LogP contribution in [0.1, 0.15) is 24.2 Å². The molecule has 1 aliphatic rings. The van der Waals surface area contributed by atoms with E-state index in [1.807, 2.05) is 0 Å². The van der Waals surface area contributed by atoms with Crippen LogP contribution in [0.3, 0.4) is 0 Å². The minimum atomic E-state index is -3.55. The lowest BCUT2D eigenvalue weighted by molar-refractivity contribution is -0.139. The van der Waals surface area contributed by atoms with E-state index in [9.17, 15) is 14.2 Å². The maximum Gasteiger partial charge on any atom is 0.341 e. The molecule has 1 heterocycles. The molecule has 0 saturated carbocycles. The molecule has 1 aromatic rings. The van der Waals surface area contributed by atoms with E-state index in [1.54, 1.807) is 26.0 Å². The highest BCUT2D eigenvalue weighted by atomic mass is 31.2. The van der Waals surface area contributed by atoms with Crippen molar-refractivity contribution in [3.05, 3.63) is 23.8 Å². The lowest BCUT2D eigenvalue weighted by atomic mass is 10.1. The molecule has 0 radical (unpaired) electrons. The molecule has 25 heavy (non-hydrogen) atoms. The Hall–Kier alpha value is -1.89. The van der Waals surface area contributed by atoms with E-state index in [0.717, 1.165) is 0 Å². The summed E-state index contributed by atoms with van der Waals surface area (Å²) in [4.78, 5) is 24.0. The van der Waals surface area contributed by atoms with Crippen LogP contribution in [0.15, 0.2) is 18.2 Å². The van der Waals surface area contributed by atoms with Crippen molar-refractivity contribution >= 4 is 19.3 Å². The SMILES string of the molecule is CCOP(=O)(CC(=O)OCC(=O)c1ccc2c(c1)OCCO2)OCC. The van der Waals surface area contributed by atoms with Crippen LogP contribution >= 0.6 is 7.60 Å². The molecule has 138 valence electrons.